The Morgan fingerprint density at radius 3 is 2.67 bits per heavy atom. The SMILES string of the molecule is CCCOc1nc(NCC)nc(Nc2cccc(I)c2)n1. The normalized spacial score (nSPS) is 10.2. The second kappa shape index (κ2) is 7.96. The van der Waals surface area contributed by atoms with E-state index in [1.54, 1.807) is 0 Å². The molecule has 1 aromatic carbocycles. The zero-order valence-corrected chi connectivity index (χ0v) is 14.2. The van der Waals surface area contributed by atoms with Gasteiger partial charge in [0.25, 0.3) is 0 Å². The number of benzene rings is 1. The highest BCUT2D eigenvalue weighted by atomic mass is 127. The molecule has 0 amide bonds. The Morgan fingerprint density at radius 2 is 1.95 bits per heavy atom. The molecule has 2 N–H and O–H groups in total. The molecule has 0 aliphatic carbocycles. The third-order valence-corrected chi connectivity index (χ3v) is 3.14. The molecule has 21 heavy (non-hydrogen) atoms. The van der Waals surface area contributed by atoms with Crippen LogP contribution in [0.25, 0.3) is 0 Å². The number of halogens is 1. The van der Waals surface area contributed by atoms with Gasteiger partial charge in [-0.3, -0.25) is 0 Å². The number of rotatable bonds is 7. The lowest BCUT2D eigenvalue weighted by Crippen LogP contribution is -2.09. The van der Waals surface area contributed by atoms with E-state index in [0.29, 0.717) is 24.5 Å². The van der Waals surface area contributed by atoms with E-state index in [-0.39, 0.29) is 0 Å². The molecule has 1 aromatic heterocycles. The lowest BCUT2D eigenvalue weighted by atomic mass is 10.3. The fraction of sp³-hybridized carbons (Fsp3) is 0.357. The minimum atomic E-state index is 0.330. The van der Waals surface area contributed by atoms with E-state index in [0.717, 1.165) is 22.2 Å². The van der Waals surface area contributed by atoms with Crippen LogP contribution < -0.4 is 15.4 Å². The van der Waals surface area contributed by atoms with Crippen molar-refractivity contribution in [3.63, 3.8) is 0 Å². The minimum absolute atomic E-state index is 0.330. The molecule has 0 unspecified atom stereocenters. The van der Waals surface area contributed by atoms with Gasteiger partial charge in [-0.2, -0.15) is 15.0 Å². The van der Waals surface area contributed by atoms with E-state index >= 15 is 0 Å². The Morgan fingerprint density at radius 1 is 1.14 bits per heavy atom. The predicted molar refractivity (Wildman–Crippen MR) is 92.2 cm³/mol. The zero-order valence-electron chi connectivity index (χ0n) is 12.1. The second-order valence-corrected chi connectivity index (χ2v) is 5.52. The summed E-state index contributed by atoms with van der Waals surface area (Å²) in [7, 11) is 0. The number of nitrogens with zero attached hydrogens (tertiary/aromatic N) is 3. The van der Waals surface area contributed by atoms with E-state index in [1.165, 1.54) is 0 Å². The third kappa shape index (κ3) is 5.00. The molecule has 0 saturated carbocycles. The van der Waals surface area contributed by atoms with Crippen molar-refractivity contribution in [2.75, 3.05) is 23.8 Å². The number of aromatic nitrogens is 3. The second-order valence-electron chi connectivity index (χ2n) is 4.28. The van der Waals surface area contributed by atoms with Crippen LogP contribution in [-0.2, 0) is 0 Å². The third-order valence-electron chi connectivity index (χ3n) is 2.47. The van der Waals surface area contributed by atoms with E-state index < -0.39 is 0 Å². The van der Waals surface area contributed by atoms with Crippen molar-refractivity contribution in [2.45, 2.75) is 20.3 Å². The lowest BCUT2D eigenvalue weighted by molar-refractivity contribution is 0.292. The van der Waals surface area contributed by atoms with Crippen molar-refractivity contribution in [1.29, 1.82) is 0 Å². The van der Waals surface area contributed by atoms with Crippen LogP contribution in [0.2, 0.25) is 0 Å². The van der Waals surface area contributed by atoms with E-state index in [9.17, 15) is 0 Å². The molecule has 112 valence electrons. The fourth-order valence-corrected chi connectivity index (χ4v) is 2.15. The summed E-state index contributed by atoms with van der Waals surface area (Å²) in [6.45, 7) is 5.35. The summed E-state index contributed by atoms with van der Waals surface area (Å²) in [5.74, 6) is 0.973. The summed E-state index contributed by atoms with van der Waals surface area (Å²) in [4.78, 5) is 12.8. The first-order valence-electron chi connectivity index (χ1n) is 6.86. The fourth-order valence-electron chi connectivity index (χ4n) is 1.60. The number of anilines is 3. The van der Waals surface area contributed by atoms with Gasteiger partial charge in [0.15, 0.2) is 0 Å². The largest absolute Gasteiger partial charge is 0.463 e. The summed E-state index contributed by atoms with van der Waals surface area (Å²) < 4.78 is 6.64. The van der Waals surface area contributed by atoms with Crippen LogP contribution in [0, 0.1) is 3.57 Å². The molecule has 1 heterocycles. The average Bonchev–Trinajstić information content (AvgIpc) is 2.45. The Bertz CT molecular complexity index is 593. The van der Waals surface area contributed by atoms with Crippen molar-refractivity contribution < 1.29 is 4.74 Å². The highest BCUT2D eigenvalue weighted by molar-refractivity contribution is 14.1. The summed E-state index contributed by atoms with van der Waals surface area (Å²) in [5, 5.41) is 6.25. The molecule has 2 rings (SSSR count). The first kappa shape index (κ1) is 15.7. The zero-order chi connectivity index (χ0) is 15.1. The molecular weight excluding hydrogens is 381 g/mol. The van der Waals surface area contributed by atoms with Gasteiger partial charge in [0.05, 0.1) is 6.61 Å². The Balaban J connectivity index is 2.22. The maximum absolute atomic E-state index is 5.50. The van der Waals surface area contributed by atoms with Gasteiger partial charge in [0.2, 0.25) is 11.9 Å². The molecule has 0 fully saturated rings. The van der Waals surface area contributed by atoms with Gasteiger partial charge in [-0.25, -0.2) is 0 Å². The standard InChI is InChI=1S/C14H18IN5O/c1-3-8-21-14-19-12(16-4-2)18-13(20-14)17-11-7-5-6-10(15)9-11/h5-7,9H,3-4,8H2,1-2H3,(H2,16,17,18,19,20). The van der Waals surface area contributed by atoms with Crippen molar-refractivity contribution in [2.24, 2.45) is 0 Å². The van der Waals surface area contributed by atoms with Gasteiger partial charge in [0.1, 0.15) is 0 Å². The smallest absolute Gasteiger partial charge is 0.323 e. The molecule has 0 spiro atoms. The highest BCUT2D eigenvalue weighted by Crippen LogP contribution is 2.18. The van der Waals surface area contributed by atoms with Crippen molar-refractivity contribution >= 4 is 40.2 Å². The van der Waals surface area contributed by atoms with Gasteiger partial charge in [-0.1, -0.05) is 13.0 Å². The van der Waals surface area contributed by atoms with E-state index in [4.69, 9.17) is 4.74 Å². The summed E-state index contributed by atoms with van der Waals surface area (Å²) in [6.07, 6.45) is 0.905. The van der Waals surface area contributed by atoms with Crippen molar-refractivity contribution in [3.05, 3.63) is 27.8 Å². The molecule has 0 saturated heterocycles. The maximum atomic E-state index is 5.50. The van der Waals surface area contributed by atoms with E-state index in [1.807, 2.05) is 38.1 Å². The van der Waals surface area contributed by atoms with Crippen LogP contribution in [0.15, 0.2) is 24.3 Å². The molecule has 0 atom stereocenters. The topological polar surface area (TPSA) is 72.0 Å². The Labute approximate surface area is 137 Å². The molecule has 2 aromatic rings. The molecule has 0 bridgehead atoms. The molecule has 6 nitrogen and oxygen atoms in total. The van der Waals surface area contributed by atoms with Gasteiger partial charge < -0.3 is 15.4 Å². The first-order valence-corrected chi connectivity index (χ1v) is 7.94. The summed E-state index contributed by atoms with van der Waals surface area (Å²) in [6, 6.07) is 8.31. The monoisotopic (exact) mass is 399 g/mol. The average molecular weight is 399 g/mol. The minimum Gasteiger partial charge on any atom is -0.463 e. The summed E-state index contributed by atoms with van der Waals surface area (Å²) >= 11 is 2.26. The Kier molecular flexibility index (Phi) is 5.97. The van der Waals surface area contributed by atoms with Crippen LogP contribution >= 0.6 is 22.6 Å². The van der Waals surface area contributed by atoms with Crippen LogP contribution in [0.5, 0.6) is 6.01 Å². The molecular formula is C14H18IN5O. The molecule has 7 heteroatoms. The van der Waals surface area contributed by atoms with Crippen LogP contribution in [0.3, 0.4) is 0 Å². The van der Waals surface area contributed by atoms with Crippen LogP contribution in [-0.4, -0.2) is 28.1 Å². The van der Waals surface area contributed by atoms with Gasteiger partial charge in [-0.05, 0) is 54.1 Å². The lowest BCUT2D eigenvalue weighted by Gasteiger charge is -2.10. The van der Waals surface area contributed by atoms with Crippen molar-refractivity contribution in [1.82, 2.24) is 15.0 Å². The van der Waals surface area contributed by atoms with Gasteiger partial charge in [-0.15, -0.1) is 0 Å². The number of hydrogen-bond donors (Lipinski definition) is 2. The molecule has 0 aliphatic heterocycles. The van der Waals surface area contributed by atoms with E-state index in [2.05, 4.69) is 48.2 Å². The maximum Gasteiger partial charge on any atom is 0.323 e. The predicted octanol–water partition coefficient (Wildman–Crippen LogP) is 3.44. The molecule has 0 radical (unpaired) electrons. The number of ether oxygens (including phenoxy) is 1. The first-order chi connectivity index (χ1) is 10.2. The van der Waals surface area contributed by atoms with Crippen molar-refractivity contribution in [3.8, 4) is 6.01 Å². The van der Waals surface area contributed by atoms with Crippen LogP contribution in [0.1, 0.15) is 20.3 Å². The number of hydrogen-bond acceptors (Lipinski definition) is 6. The quantitative estimate of drug-likeness (QED) is 0.696. The molecule has 0 aliphatic rings. The van der Waals surface area contributed by atoms with Gasteiger partial charge >= 0.3 is 6.01 Å². The highest BCUT2D eigenvalue weighted by Gasteiger charge is 2.07. The summed E-state index contributed by atoms with van der Waals surface area (Å²) in [5.41, 5.74) is 0.928. The van der Waals surface area contributed by atoms with Crippen LogP contribution in [0.4, 0.5) is 17.6 Å². The Hall–Kier alpha value is -1.64. The number of nitrogens with one attached hydrogen (secondary N) is 2. The van der Waals surface area contributed by atoms with Gasteiger partial charge in [0, 0.05) is 15.8 Å².